The van der Waals surface area contributed by atoms with E-state index in [4.69, 9.17) is 0 Å². The van der Waals surface area contributed by atoms with Gasteiger partial charge in [-0.2, -0.15) is 0 Å². The third-order valence-electron chi connectivity index (χ3n) is 5.11. The number of amides is 2. The number of piperidine rings is 1. The van der Waals surface area contributed by atoms with Gasteiger partial charge in [-0.25, -0.2) is 4.79 Å². The lowest BCUT2D eigenvalue weighted by atomic mass is 9.88. The zero-order valence-corrected chi connectivity index (χ0v) is 14.5. The highest BCUT2D eigenvalue weighted by Gasteiger charge is 2.33. The van der Waals surface area contributed by atoms with Gasteiger partial charge in [0.1, 0.15) is 0 Å². The summed E-state index contributed by atoms with van der Waals surface area (Å²) in [5.74, 6) is 2.15. The second kappa shape index (κ2) is 6.55. The third kappa shape index (κ3) is 4.35. The summed E-state index contributed by atoms with van der Waals surface area (Å²) < 4.78 is 0. The molecule has 2 saturated heterocycles. The van der Waals surface area contributed by atoms with Crippen molar-refractivity contribution in [1.29, 1.82) is 0 Å². The second-order valence-corrected chi connectivity index (χ2v) is 8.16. The molecule has 0 saturated carbocycles. The van der Waals surface area contributed by atoms with Crippen molar-refractivity contribution < 1.29 is 4.79 Å². The van der Waals surface area contributed by atoms with Gasteiger partial charge in [0.2, 0.25) is 0 Å². The Bertz CT molecular complexity index is 359. The van der Waals surface area contributed by atoms with E-state index in [1.807, 2.05) is 4.90 Å². The Morgan fingerprint density at radius 1 is 1.10 bits per heavy atom. The van der Waals surface area contributed by atoms with Crippen LogP contribution in [0.2, 0.25) is 0 Å². The Morgan fingerprint density at radius 2 is 1.71 bits per heavy atom. The molecule has 2 aliphatic heterocycles. The molecule has 2 rings (SSSR count). The Balaban J connectivity index is 1.84. The Morgan fingerprint density at radius 3 is 2.24 bits per heavy atom. The monoisotopic (exact) mass is 295 g/mol. The molecule has 4 heteroatoms. The van der Waals surface area contributed by atoms with Gasteiger partial charge in [-0.1, -0.05) is 20.8 Å². The van der Waals surface area contributed by atoms with E-state index in [9.17, 15) is 4.79 Å². The number of hydrogen-bond donors (Lipinski definition) is 1. The normalized spacial score (nSPS) is 31.5. The van der Waals surface area contributed by atoms with Crippen molar-refractivity contribution in [2.45, 2.75) is 53.0 Å². The van der Waals surface area contributed by atoms with Crippen LogP contribution in [0.5, 0.6) is 0 Å². The first kappa shape index (κ1) is 16.6. The molecule has 0 aromatic carbocycles. The first-order valence-corrected chi connectivity index (χ1v) is 8.55. The molecule has 0 aromatic rings. The number of carbonyl (C=O) groups excluding carboxylic acids is 1. The maximum absolute atomic E-state index is 12.2. The molecule has 21 heavy (non-hydrogen) atoms. The lowest BCUT2D eigenvalue weighted by molar-refractivity contribution is 0.0465. The standard InChI is InChI=1S/C17H33N3O/c1-13-6-7-19(9-13)16(21)18-12-17(4,5)20-10-14(2)8-15(3)11-20/h13-15H,6-12H2,1-5H3,(H,18,21). The van der Waals surface area contributed by atoms with E-state index in [2.05, 4.69) is 44.8 Å². The lowest BCUT2D eigenvalue weighted by Gasteiger charge is -2.45. The topological polar surface area (TPSA) is 35.6 Å². The minimum absolute atomic E-state index is 0.0317. The van der Waals surface area contributed by atoms with E-state index in [0.29, 0.717) is 5.92 Å². The number of hydrogen-bond acceptors (Lipinski definition) is 2. The number of rotatable bonds is 3. The molecular formula is C17H33N3O. The highest BCUT2D eigenvalue weighted by molar-refractivity contribution is 5.74. The summed E-state index contributed by atoms with van der Waals surface area (Å²) in [6.07, 6.45) is 2.46. The summed E-state index contributed by atoms with van der Waals surface area (Å²) in [7, 11) is 0. The fourth-order valence-electron chi connectivity index (χ4n) is 3.79. The van der Waals surface area contributed by atoms with E-state index in [0.717, 1.165) is 51.0 Å². The zero-order valence-electron chi connectivity index (χ0n) is 14.5. The van der Waals surface area contributed by atoms with Crippen LogP contribution in [0.25, 0.3) is 0 Å². The summed E-state index contributed by atoms with van der Waals surface area (Å²) >= 11 is 0. The highest BCUT2D eigenvalue weighted by atomic mass is 16.2. The number of carbonyl (C=O) groups is 1. The van der Waals surface area contributed by atoms with E-state index in [1.54, 1.807) is 0 Å². The molecule has 2 amide bonds. The summed E-state index contributed by atoms with van der Waals surface area (Å²) in [6, 6.07) is 0.116. The van der Waals surface area contributed by atoms with Gasteiger partial charge in [-0.15, -0.1) is 0 Å². The first-order chi connectivity index (χ1) is 9.78. The van der Waals surface area contributed by atoms with E-state index in [-0.39, 0.29) is 11.6 Å². The Hall–Kier alpha value is -0.770. The van der Waals surface area contributed by atoms with Crippen molar-refractivity contribution >= 4 is 6.03 Å². The largest absolute Gasteiger partial charge is 0.336 e. The summed E-state index contributed by atoms with van der Waals surface area (Å²) in [5.41, 5.74) is 0.0317. The SMILES string of the molecule is CC1CCN(C(=O)NCC(C)(C)N2CC(C)CC(C)C2)C1. The maximum atomic E-state index is 12.2. The first-order valence-electron chi connectivity index (χ1n) is 8.55. The summed E-state index contributed by atoms with van der Waals surface area (Å²) in [4.78, 5) is 16.8. The smallest absolute Gasteiger partial charge is 0.317 e. The predicted molar refractivity (Wildman–Crippen MR) is 87.3 cm³/mol. The number of nitrogens with zero attached hydrogens (tertiary/aromatic N) is 2. The van der Waals surface area contributed by atoms with Crippen LogP contribution in [0.3, 0.4) is 0 Å². The molecule has 3 atom stereocenters. The average Bonchev–Trinajstić information content (AvgIpc) is 2.82. The van der Waals surface area contributed by atoms with E-state index in [1.165, 1.54) is 6.42 Å². The fraction of sp³-hybridized carbons (Fsp3) is 0.941. The Kier molecular flexibility index (Phi) is 5.18. The van der Waals surface area contributed by atoms with Crippen LogP contribution in [-0.2, 0) is 0 Å². The molecule has 1 N–H and O–H groups in total. The van der Waals surface area contributed by atoms with Crippen LogP contribution >= 0.6 is 0 Å². The molecule has 0 bridgehead atoms. The maximum Gasteiger partial charge on any atom is 0.317 e. The molecule has 0 radical (unpaired) electrons. The van der Waals surface area contributed by atoms with Gasteiger partial charge in [0, 0.05) is 38.3 Å². The minimum atomic E-state index is 0.0317. The molecule has 2 aliphatic rings. The van der Waals surface area contributed by atoms with Gasteiger partial charge in [0.05, 0.1) is 0 Å². The van der Waals surface area contributed by atoms with Crippen LogP contribution in [-0.4, -0.2) is 54.1 Å². The number of likely N-dealkylation sites (tertiary alicyclic amines) is 2. The van der Waals surface area contributed by atoms with Gasteiger partial charge < -0.3 is 10.2 Å². The highest BCUT2D eigenvalue weighted by Crippen LogP contribution is 2.27. The number of urea groups is 1. The molecule has 122 valence electrons. The van der Waals surface area contributed by atoms with Gasteiger partial charge in [0.15, 0.2) is 0 Å². The van der Waals surface area contributed by atoms with Crippen LogP contribution in [0.1, 0.15) is 47.5 Å². The molecule has 4 nitrogen and oxygen atoms in total. The third-order valence-corrected chi connectivity index (χ3v) is 5.11. The van der Waals surface area contributed by atoms with E-state index >= 15 is 0 Å². The minimum Gasteiger partial charge on any atom is -0.336 e. The lowest BCUT2D eigenvalue weighted by Crippen LogP contribution is -2.57. The van der Waals surface area contributed by atoms with Crippen molar-refractivity contribution in [3.8, 4) is 0 Å². The molecule has 0 aromatic heterocycles. The molecule has 2 heterocycles. The van der Waals surface area contributed by atoms with Crippen LogP contribution in [0, 0.1) is 17.8 Å². The quantitative estimate of drug-likeness (QED) is 0.869. The van der Waals surface area contributed by atoms with Crippen LogP contribution < -0.4 is 5.32 Å². The molecular weight excluding hydrogens is 262 g/mol. The van der Waals surface area contributed by atoms with Crippen molar-refractivity contribution in [1.82, 2.24) is 15.1 Å². The van der Waals surface area contributed by atoms with Gasteiger partial charge in [0.25, 0.3) is 0 Å². The summed E-state index contributed by atoms with van der Waals surface area (Å²) in [6.45, 7) is 16.2. The van der Waals surface area contributed by atoms with Crippen LogP contribution in [0.4, 0.5) is 4.79 Å². The molecule has 0 aliphatic carbocycles. The second-order valence-electron chi connectivity index (χ2n) is 8.16. The van der Waals surface area contributed by atoms with E-state index < -0.39 is 0 Å². The predicted octanol–water partition coefficient (Wildman–Crippen LogP) is 2.79. The van der Waals surface area contributed by atoms with Crippen molar-refractivity contribution in [3.05, 3.63) is 0 Å². The van der Waals surface area contributed by atoms with Crippen molar-refractivity contribution in [2.24, 2.45) is 17.8 Å². The van der Waals surface area contributed by atoms with Crippen LogP contribution in [0.15, 0.2) is 0 Å². The van der Waals surface area contributed by atoms with Gasteiger partial charge in [-0.05, 0) is 44.4 Å². The summed E-state index contributed by atoms with van der Waals surface area (Å²) in [5, 5.41) is 3.16. The van der Waals surface area contributed by atoms with Gasteiger partial charge in [-0.3, -0.25) is 4.90 Å². The van der Waals surface area contributed by atoms with Crippen molar-refractivity contribution in [3.63, 3.8) is 0 Å². The fourth-order valence-corrected chi connectivity index (χ4v) is 3.79. The molecule has 3 unspecified atom stereocenters. The Labute approximate surface area is 130 Å². The zero-order chi connectivity index (χ0) is 15.6. The number of nitrogens with one attached hydrogen (secondary N) is 1. The van der Waals surface area contributed by atoms with Crippen molar-refractivity contribution in [2.75, 3.05) is 32.7 Å². The van der Waals surface area contributed by atoms with Gasteiger partial charge >= 0.3 is 6.03 Å². The average molecular weight is 295 g/mol. The molecule has 2 fully saturated rings. The molecule has 0 spiro atoms.